The molecule has 1 aromatic heterocycles. The highest BCUT2D eigenvalue weighted by Gasteiger charge is 2.33. The number of aliphatic hydroxyl groups is 1. The lowest BCUT2D eigenvalue weighted by atomic mass is 9.93. The molecule has 0 atom stereocenters. The fourth-order valence-electron chi connectivity index (χ4n) is 2.19. The maximum atomic E-state index is 12.6. The Morgan fingerprint density at radius 3 is 2.47 bits per heavy atom. The van der Waals surface area contributed by atoms with Gasteiger partial charge in [-0.25, -0.2) is 4.98 Å². The smallest absolute Gasteiger partial charge is 0.396 e. The van der Waals surface area contributed by atoms with E-state index in [4.69, 9.17) is 5.73 Å². The third kappa shape index (κ3) is 3.50. The molecule has 0 aromatic carbocycles. The zero-order valence-electron chi connectivity index (χ0n) is 10.2. The fraction of sp³-hybridized carbons (Fsp3) is 0.583. The van der Waals surface area contributed by atoms with Crippen LogP contribution in [0, 0.1) is 0 Å². The van der Waals surface area contributed by atoms with E-state index in [2.05, 4.69) is 10.3 Å². The van der Waals surface area contributed by atoms with Crippen LogP contribution in [0.1, 0.15) is 31.4 Å². The standard InChI is InChI=1S/C12H16F3N3O/c13-12(14,15)11-5-10(9(16)6-17-11)18-7-1-3-8(19)4-2-7/h5-8,19H,1-4,16H2,(H,17,18). The fourth-order valence-corrected chi connectivity index (χ4v) is 2.19. The van der Waals surface area contributed by atoms with Gasteiger partial charge in [0.25, 0.3) is 0 Å². The molecule has 1 heterocycles. The van der Waals surface area contributed by atoms with Crippen LogP contribution in [-0.4, -0.2) is 22.2 Å². The van der Waals surface area contributed by atoms with Crippen LogP contribution in [0.3, 0.4) is 0 Å². The van der Waals surface area contributed by atoms with Crippen LogP contribution in [0.5, 0.6) is 0 Å². The molecule has 106 valence electrons. The van der Waals surface area contributed by atoms with E-state index in [-0.39, 0.29) is 23.5 Å². The lowest BCUT2D eigenvalue weighted by molar-refractivity contribution is -0.141. The first-order chi connectivity index (χ1) is 8.86. The van der Waals surface area contributed by atoms with E-state index in [1.807, 2.05) is 0 Å². The van der Waals surface area contributed by atoms with E-state index >= 15 is 0 Å². The molecule has 0 bridgehead atoms. The Bertz CT molecular complexity index is 442. The quantitative estimate of drug-likeness (QED) is 0.775. The molecular formula is C12H16F3N3O. The van der Waals surface area contributed by atoms with Crippen LogP contribution < -0.4 is 11.1 Å². The van der Waals surface area contributed by atoms with Gasteiger partial charge in [0.2, 0.25) is 0 Å². The normalized spacial score (nSPS) is 24.2. The number of alkyl halides is 3. The summed E-state index contributed by atoms with van der Waals surface area (Å²) in [7, 11) is 0. The monoisotopic (exact) mass is 275 g/mol. The molecule has 1 aliphatic rings. The van der Waals surface area contributed by atoms with Gasteiger partial charge in [-0.3, -0.25) is 0 Å². The second kappa shape index (κ2) is 5.24. The molecule has 1 aromatic rings. The van der Waals surface area contributed by atoms with Gasteiger partial charge in [-0.1, -0.05) is 0 Å². The number of hydrogen-bond donors (Lipinski definition) is 3. The number of nitrogens with two attached hydrogens (primary N) is 1. The second-order valence-corrected chi connectivity index (χ2v) is 4.80. The third-order valence-corrected chi connectivity index (χ3v) is 3.28. The first-order valence-corrected chi connectivity index (χ1v) is 6.13. The van der Waals surface area contributed by atoms with Crippen LogP contribution in [0.25, 0.3) is 0 Å². The van der Waals surface area contributed by atoms with E-state index in [9.17, 15) is 18.3 Å². The molecule has 0 saturated heterocycles. The van der Waals surface area contributed by atoms with Crippen LogP contribution in [0.15, 0.2) is 12.3 Å². The van der Waals surface area contributed by atoms with Gasteiger partial charge in [-0.2, -0.15) is 13.2 Å². The van der Waals surface area contributed by atoms with Crippen LogP contribution in [0.4, 0.5) is 24.5 Å². The minimum Gasteiger partial charge on any atom is -0.396 e. The van der Waals surface area contributed by atoms with Crippen molar-refractivity contribution < 1.29 is 18.3 Å². The zero-order valence-corrected chi connectivity index (χ0v) is 10.2. The van der Waals surface area contributed by atoms with Crippen molar-refractivity contribution in [3.63, 3.8) is 0 Å². The van der Waals surface area contributed by atoms with Crippen molar-refractivity contribution >= 4 is 11.4 Å². The first kappa shape index (κ1) is 13.9. The molecule has 1 saturated carbocycles. The summed E-state index contributed by atoms with van der Waals surface area (Å²) in [5.74, 6) is 0. The number of rotatable bonds is 2. The number of pyridine rings is 1. The summed E-state index contributed by atoms with van der Waals surface area (Å²) in [6.45, 7) is 0. The summed E-state index contributed by atoms with van der Waals surface area (Å²) in [6.07, 6.45) is -1.05. The zero-order chi connectivity index (χ0) is 14.0. The first-order valence-electron chi connectivity index (χ1n) is 6.13. The summed E-state index contributed by atoms with van der Waals surface area (Å²) >= 11 is 0. The van der Waals surface area contributed by atoms with E-state index in [0.29, 0.717) is 25.7 Å². The Balaban J connectivity index is 2.11. The lowest BCUT2D eigenvalue weighted by Crippen LogP contribution is -2.28. The Labute approximate surface area is 108 Å². The average Bonchev–Trinajstić information content (AvgIpc) is 2.33. The van der Waals surface area contributed by atoms with Crippen LogP contribution >= 0.6 is 0 Å². The van der Waals surface area contributed by atoms with Crippen molar-refractivity contribution in [2.45, 2.75) is 44.0 Å². The molecular weight excluding hydrogens is 259 g/mol. The number of halogens is 3. The Hall–Kier alpha value is -1.50. The molecule has 0 radical (unpaired) electrons. The largest absolute Gasteiger partial charge is 0.433 e. The highest BCUT2D eigenvalue weighted by molar-refractivity contribution is 5.65. The van der Waals surface area contributed by atoms with Crippen molar-refractivity contribution in [3.05, 3.63) is 18.0 Å². The van der Waals surface area contributed by atoms with Gasteiger partial charge >= 0.3 is 6.18 Å². The predicted molar refractivity (Wildman–Crippen MR) is 65.5 cm³/mol. The summed E-state index contributed by atoms with van der Waals surface area (Å²) in [4.78, 5) is 3.29. The summed E-state index contributed by atoms with van der Waals surface area (Å²) in [5, 5.41) is 12.4. The van der Waals surface area contributed by atoms with E-state index in [0.717, 1.165) is 12.3 Å². The number of nitrogens with zero attached hydrogens (tertiary/aromatic N) is 1. The van der Waals surface area contributed by atoms with Gasteiger partial charge in [0.1, 0.15) is 5.69 Å². The number of aromatic nitrogens is 1. The molecule has 4 nitrogen and oxygen atoms in total. The van der Waals surface area contributed by atoms with Crippen molar-refractivity contribution in [2.75, 3.05) is 11.1 Å². The summed E-state index contributed by atoms with van der Waals surface area (Å²) in [5.41, 5.74) is 5.12. The summed E-state index contributed by atoms with van der Waals surface area (Å²) in [6, 6.07) is 0.967. The summed E-state index contributed by atoms with van der Waals surface area (Å²) < 4.78 is 37.7. The Morgan fingerprint density at radius 1 is 1.26 bits per heavy atom. The minimum atomic E-state index is -4.48. The maximum absolute atomic E-state index is 12.6. The number of hydrogen-bond acceptors (Lipinski definition) is 4. The molecule has 19 heavy (non-hydrogen) atoms. The van der Waals surface area contributed by atoms with Gasteiger partial charge in [-0.05, 0) is 31.7 Å². The van der Waals surface area contributed by atoms with Crippen molar-refractivity contribution in [3.8, 4) is 0 Å². The third-order valence-electron chi connectivity index (χ3n) is 3.28. The van der Waals surface area contributed by atoms with Gasteiger partial charge in [0.05, 0.1) is 23.7 Å². The number of nitrogens with one attached hydrogen (secondary N) is 1. The van der Waals surface area contributed by atoms with Crippen molar-refractivity contribution in [1.82, 2.24) is 4.98 Å². The topological polar surface area (TPSA) is 71.2 Å². The number of aliphatic hydroxyl groups excluding tert-OH is 1. The SMILES string of the molecule is Nc1cnc(C(F)(F)F)cc1NC1CCC(O)CC1. The van der Waals surface area contributed by atoms with Gasteiger partial charge in [0, 0.05) is 6.04 Å². The molecule has 2 rings (SSSR count). The predicted octanol–water partition coefficient (Wildman–Crippen LogP) is 2.40. The highest BCUT2D eigenvalue weighted by Crippen LogP contribution is 2.32. The molecule has 0 spiro atoms. The van der Waals surface area contributed by atoms with Gasteiger partial charge < -0.3 is 16.2 Å². The highest BCUT2D eigenvalue weighted by atomic mass is 19.4. The molecule has 0 amide bonds. The molecule has 1 fully saturated rings. The van der Waals surface area contributed by atoms with Gasteiger partial charge in [-0.15, -0.1) is 0 Å². The molecule has 0 unspecified atom stereocenters. The van der Waals surface area contributed by atoms with Crippen LogP contribution in [-0.2, 0) is 6.18 Å². The number of anilines is 2. The molecule has 0 aliphatic heterocycles. The molecule has 1 aliphatic carbocycles. The van der Waals surface area contributed by atoms with Crippen molar-refractivity contribution in [1.29, 1.82) is 0 Å². The van der Waals surface area contributed by atoms with Gasteiger partial charge in [0.15, 0.2) is 0 Å². The second-order valence-electron chi connectivity index (χ2n) is 4.80. The van der Waals surface area contributed by atoms with E-state index in [1.54, 1.807) is 0 Å². The average molecular weight is 275 g/mol. The van der Waals surface area contributed by atoms with E-state index < -0.39 is 11.9 Å². The molecule has 4 N–H and O–H groups in total. The van der Waals surface area contributed by atoms with E-state index in [1.165, 1.54) is 0 Å². The Morgan fingerprint density at radius 2 is 1.89 bits per heavy atom. The number of nitrogen functional groups attached to an aromatic ring is 1. The van der Waals surface area contributed by atoms with Crippen LogP contribution in [0.2, 0.25) is 0 Å². The maximum Gasteiger partial charge on any atom is 0.433 e. The Kier molecular flexibility index (Phi) is 3.84. The van der Waals surface area contributed by atoms with Crippen molar-refractivity contribution in [2.24, 2.45) is 0 Å². The minimum absolute atomic E-state index is 0.0363. The lowest BCUT2D eigenvalue weighted by Gasteiger charge is -2.27. The molecule has 7 heteroatoms.